The first-order chi connectivity index (χ1) is 13.5. The highest BCUT2D eigenvalue weighted by atomic mass is 32.2. The fraction of sp³-hybridized carbons (Fsp3) is 0.318. The fourth-order valence-corrected chi connectivity index (χ4v) is 4.89. The molecule has 3 rings (SSSR count). The van der Waals surface area contributed by atoms with Crippen molar-refractivity contribution in [1.82, 2.24) is 5.32 Å². The van der Waals surface area contributed by atoms with Crippen molar-refractivity contribution in [3.05, 3.63) is 72.8 Å². The molecule has 148 valence electrons. The Kier molecular flexibility index (Phi) is 6.19. The van der Waals surface area contributed by atoms with Crippen LogP contribution in [0.15, 0.2) is 72.1 Å². The van der Waals surface area contributed by atoms with Crippen LogP contribution in [0.5, 0.6) is 0 Å². The molecule has 1 aliphatic carbocycles. The maximum Gasteiger partial charge on any atom is 0.261 e. The van der Waals surface area contributed by atoms with Gasteiger partial charge in [-0.15, -0.1) is 6.58 Å². The molecule has 0 bridgehead atoms. The second-order valence-corrected chi connectivity index (χ2v) is 8.82. The first-order valence-electron chi connectivity index (χ1n) is 9.55. The Morgan fingerprint density at radius 1 is 1.00 bits per heavy atom. The van der Waals surface area contributed by atoms with Gasteiger partial charge in [-0.05, 0) is 42.7 Å². The van der Waals surface area contributed by atoms with Gasteiger partial charge in [0.25, 0.3) is 10.0 Å². The Bertz CT molecular complexity index is 916. The minimum atomic E-state index is -3.63. The minimum Gasteiger partial charge on any atom is -0.352 e. The number of anilines is 1. The molecule has 0 aliphatic heterocycles. The molecule has 0 atom stereocenters. The summed E-state index contributed by atoms with van der Waals surface area (Å²) in [5, 5.41) is 2.95. The van der Waals surface area contributed by atoms with Gasteiger partial charge < -0.3 is 5.32 Å². The van der Waals surface area contributed by atoms with Crippen molar-refractivity contribution in [1.29, 1.82) is 0 Å². The van der Waals surface area contributed by atoms with Crippen LogP contribution >= 0.6 is 0 Å². The average molecular weight is 399 g/mol. The molecule has 1 saturated carbocycles. The Morgan fingerprint density at radius 2 is 1.64 bits per heavy atom. The lowest BCUT2D eigenvalue weighted by molar-refractivity contribution is -0.127. The molecule has 6 heteroatoms. The molecule has 0 saturated heterocycles. The highest BCUT2D eigenvalue weighted by Crippen LogP contribution is 2.40. The summed E-state index contributed by atoms with van der Waals surface area (Å²) in [6.07, 6.45) is 6.41. The van der Waals surface area contributed by atoms with Gasteiger partial charge in [-0.2, -0.15) is 0 Å². The lowest BCUT2D eigenvalue weighted by Crippen LogP contribution is -2.45. The molecule has 0 aromatic heterocycles. The molecule has 0 unspecified atom stereocenters. The molecule has 1 amide bonds. The maximum absolute atomic E-state index is 12.9. The monoisotopic (exact) mass is 398 g/mol. The van der Waals surface area contributed by atoms with Crippen molar-refractivity contribution in [2.45, 2.75) is 42.4 Å². The molecular formula is C22H26N2O3S. The van der Waals surface area contributed by atoms with Gasteiger partial charge >= 0.3 is 0 Å². The maximum atomic E-state index is 12.9. The molecular weight excluding hydrogens is 372 g/mol. The van der Waals surface area contributed by atoms with Crippen LogP contribution in [0.2, 0.25) is 0 Å². The zero-order valence-electron chi connectivity index (χ0n) is 15.9. The highest BCUT2D eigenvalue weighted by molar-refractivity contribution is 7.92. The molecule has 0 heterocycles. The van der Waals surface area contributed by atoms with Gasteiger partial charge in [0, 0.05) is 12.2 Å². The average Bonchev–Trinajstić information content (AvgIpc) is 2.73. The molecule has 2 N–H and O–H groups in total. The van der Waals surface area contributed by atoms with Crippen molar-refractivity contribution < 1.29 is 13.2 Å². The Morgan fingerprint density at radius 3 is 2.25 bits per heavy atom. The zero-order valence-corrected chi connectivity index (χ0v) is 16.7. The summed E-state index contributed by atoms with van der Waals surface area (Å²) in [5.74, 6) is 0.0183. The molecule has 1 fully saturated rings. The van der Waals surface area contributed by atoms with Crippen molar-refractivity contribution in [3.8, 4) is 0 Å². The van der Waals surface area contributed by atoms with Crippen LogP contribution in [0.3, 0.4) is 0 Å². The van der Waals surface area contributed by atoms with E-state index in [4.69, 9.17) is 0 Å². The van der Waals surface area contributed by atoms with E-state index in [-0.39, 0.29) is 10.8 Å². The molecule has 2 aromatic carbocycles. The summed E-state index contributed by atoms with van der Waals surface area (Å²) in [6, 6.07) is 15.4. The van der Waals surface area contributed by atoms with Crippen LogP contribution in [0.25, 0.3) is 0 Å². The SMILES string of the molecule is C=CCNC(=O)C1(c2ccc(NS(=O)(=O)c3ccccc3)cc2)CCCCC1. The molecule has 5 nitrogen and oxygen atoms in total. The van der Waals surface area contributed by atoms with Gasteiger partial charge in [0.15, 0.2) is 0 Å². The summed E-state index contributed by atoms with van der Waals surface area (Å²) in [4.78, 5) is 13.1. The van der Waals surface area contributed by atoms with Gasteiger partial charge in [0.2, 0.25) is 5.91 Å². The van der Waals surface area contributed by atoms with E-state index in [0.717, 1.165) is 37.7 Å². The van der Waals surface area contributed by atoms with Crippen molar-refractivity contribution in [2.24, 2.45) is 0 Å². The smallest absolute Gasteiger partial charge is 0.261 e. The number of nitrogens with one attached hydrogen (secondary N) is 2. The molecule has 2 aromatic rings. The lowest BCUT2D eigenvalue weighted by Gasteiger charge is -2.36. The van der Waals surface area contributed by atoms with E-state index in [9.17, 15) is 13.2 Å². The predicted octanol–water partition coefficient (Wildman–Crippen LogP) is 3.99. The van der Waals surface area contributed by atoms with Crippen LogP contribution in [0, 0.1) is 0 Å². The van der Waals surface area contributed by atoms with Gasteiger partial charge in [-0.25, -0.2) is 8.42 Å². The predicted molar refractivity (Wildman–Crippen MR) is 112 cm³/mol. The minimum absolute atomic E-state index is 0.0183. The summed E-state index contributed by atoms with van der Waals surface area (Å²) >= 11 is 0. The normalized spacial score (nSPS) is 16.1. The largest absolute Gasteiger partial charge is 0.352 e. The number of carbonyl (C=O) groups excluding carboxylic acids is 1. The third-order valence-corrected chi connectivity index (χ3v) is 6.69. The Hall–Kier alpha value is -2.60. The Balaban J connectivity index is 1.83. The van der Waals surface area contributed by atoms with E-state index in [0.29, 0.717) is 12.2 Å². The standard InChI is InChI=1S/C22H26N2O3S/c1-2-17-23-21(25)22(15-7-4-8-16-22)18-11-13-19(14-12-18)24-28(26,27)20-9-5-3-6-10-20/h2-3,5-6,9-14,24H,1,4,7-8,15-17H2,(H,23,25). The molecule has 0 spiro atoms. The number of amides is 1. The van der Waals surface area contributed by atoms with Crippen molar-refractivity contribution in [3.63, 3.8) is 0 Å². The van der Waals surface area contributed by atoms with Crippen LogP contribution in [0.1, 0.15) is 37.7 Å². The van der Waals surface area contributed by atoms with E-state index in [1.54, 1.807) is 48.5 Å². The first kappa shape index (κ1) is 20.1. The van der Waals surface area contributed by atoms with Crippen LogP contribution in [-0.2, 0) is 20.2 Å². The van der Waals surface area contributed by atoms with Gasteiger partial charge in [-0.3, -0.25) is 9.52 Å². The summed E-state index contributed by atoms with van der Waals surface area (Å²) < 4.78 is 27.6. The molecule has 1 aliphatic rings. The molecule has 0 radical (unpaired) electrons. The van der Waals surface area contributed by atoms with Gasteiger partial charge in [-0.1, -0.05) is 55.7 Å². The van der Waals surface area contributed by atoms with E-state index < -0.39 is 15.4 Å². The third-order valence-electron chi connectivity index (χ3n) is 5.29. The summed E-state index contributed by atoms with van der Waals surface area (Å²) in [5.41, 5.74) is 0.847. The Labute approximate surface area is 166 Å². The van der Waals surface area contributed by atoms with E-state index >= 15 is 0 Å². The number of sulfonamides is 1. The highest BCUT2D eigenvalue weighted by Gasteiger charge is 2.40. The van der Waals surface area contributed by atoms with E-state index in [1.807, 2.05) is 12.1 Å². The third kappa shape index (κ3) is 4.28. The molecule has 28 heavy (non-hydrogen) atoms. The van der Waals surface area contributed by atoms with Crippen LogP contribution < -0.4 is 10.0 Å². The topological polar surface area (TPSA) is 75.3 Å². The number of hydrogen-bond acceptors (Lipinski definition) is 3. The lowest BCUT2D eigenvalue weighted by atomic mass is 9.68. The van der Waals surface area contributed by atoms with Crippen molar-refractivity contribution >= 4 is 21.6 Å². The van der Waals surface area contributed by atoms with Crippen molar-refractivity contribution in [2.75, 3.05) is 11.3 Å². The zero-order chi connectivity index (χ0) is 20.0. The van der Waals surface area contributed by atoms with E-state index in [1.165, 1.54) is 0 Å². The second kappa shape index (κ2) is 8.61. The fourth-order valence-electron chi connectivity index (χ4n) is 3.81. The first-order valence-corrected chi connectivity index (χ1v) is 11.0. The van der Waals surface area contributed by atoms with Crippen LogP contribution in [-0.4, -0.2) is 20.9 Å². The number of hydrogen-bond donors (Lipinski definition) is 2. The van der Waals surface area contributed by atoms with E-state index in [2.05, 4.69) is 16.6 Å². The van der Waals surface area contributed by atoms with Crippen LogP contribution in [0.4, 0.5) is 5.69 Å². The number of rotatable bonds is 7. The summed E-state index contributed by atoms with van der Waals surface area (Å²) in [7, 11) is -3.63. The number of benzene rings is 2. The quantitative estimate of drug-likeness (QED) is 0.693. The second-order valence-electron chi connectivity index (χ2n) is 7.14. The number of carbonyl (C=O) groups is 1. The van der Waals surface area contributed by atoms with Gasteiger partial charge in [0.05, 0.1) is 10.3 Å². The van der Waals surface area contributed by atoms with Gasteiger partial charge in [0.1, 0.15) is 0 Å². The summed E-state index contributed by atoms with van der Waals surface area (Å²) in [6.45, 7) is 4.10.